The summed E-state index contributed by atoms with van der Waals surface area (Å²) >= 11 is 0. The Morgan fingerprint density at radius 2 is 2.06 bits per heavy atom. The van der Waals surface area contributed by atoms with Gasteiger partial charge in [-0.2, -0.15) is 0 Å². The topological polar surface area (TPSA) is 58.4 Å². The van der Waals surface area contributed by atoms with E-state index in [0.717, 1.165) is 25.4 Å². The molecule has 0 bridgehead atoms. The first-order valence-electron chi connectivity index (χ1n) is 7.33. The van der Waals surface area contributed by atoms with Crippen molar-refractivity contribution in [3.05, 3.63) is 0 Å². The summed E-state index contributed by atoms with van der Waals surface area (Å²) < 4.78 is 0. The Kier molecular flexibility index (Phi) is 4.28. The highest BCUT2D eigenvalue weighted by atomic mass is 16.1. The summed E-state index contributed by atoms with van der Waals surface area (Å²) in [7, 11) is 0. The number of nitrogens with one attached hydrogen (secondary N) is 1. The van der Waals surface area contributed by atoms with Crippen molar-refractivity contribution < 1.29 is 4.79 Å². The van der Waals surface area contributed by atoms with Gasteiger partial charge in [0.15, 0.2) is 0 Å². The van der Waals surface area contributed by atoms with E-state index in [4.69, 9.17) is 5.73 Å². The van der Waals surface area contributed by atoms with Gasteiger partial charge in [-0.25, -0.2) is 0 Å². The summed E-state index contributed by atoms with van der Waals surface area (Å²) in [4.78, 5) is 14.1. The van der Waals surface area contributed by atoms with Crippen molar-refractivity contribution in [2.75, 3.05) is 19.6 Å². The lowest BCUT2D eigenvalue weighted by Crippen LogP contribution is -2.55. The van der Waals surface area contributed by atoms with Crippen molar-refractivity contribution in [1.82, 2.24) is 10.2 Å². The minimum atomic E-state index is -0.530. The number of nitrogens with zero attached hydrogens (tertiary/aromatic N) is 1. The summed E-state index contributed by atoms with van der Waals surface area (Å²) in [5.74, 6) is 0.693. The van der Waals surface area contributed by atoms with Gasteiger partial charge < -0.3 is 16.0 Å². The Balaban J connectivity index is 1.80. The predicted octanol–water partition coefficient (Wildman–Crippen LogP) is 1.10. The molecular weight excluding hydrogens is 226 g/mol. The van der Waals surface area contributed by atoms with Crippen molar-refractivity contribution in [3.8, 4) is 0 Å². The van der Waals surface area contributed by atoms with Crippen molar-refractivity contribution >= 4 is 5.91 Å². The van der Waals surface area contributed by atoms with Gasteiger partial charge in [0.05, 0.1) is 5.54 Å². The molecule has 104 valence electrons. The lowest BCUT2D eigenvalue weighted by molar-refractivity contribution is -0.124. The standard InChI is InChI=1S/C14H27N3O/c1-3-17(10-11-4-5-11)9-8-14(2,13(15)18)16-12-6-7-12/h11-12,16H,3-10H2,1-2H3,(H2,15,18). The van der Waals surface area contributed by atoms with Crippen LogP contribution in [-0.2, 0) is 4.79 Å². The van der Waals surface area contributed by atoms with Gasteiger partial charge in [-0.15, -0.1) is 0 Å². The Labute approximate surface area is 110 Å². The third-order valence-electron chi connectivity index (χ3n) is 4.23. The Morgan fingerprint density at radius 1 is 1.39 bits per heavy atom. The first-order valence-corrected chi connectivity index (χ1v) is 7.33. The van der Waals surface area contributed by atoms with Crippen LogP contribution in [0.1, 0.15) is 46.0 Å². The summed E-state index contributed by atoms with van der Waals surface area (Å²) in [5, 5.41) is 3.41. The van der Waals surface area contributed by atoms with Gasteiger partial charge in [-0.05, 0) is 51.5 Å². The molecule has 0 aliphatic heterocycles. The molecule has 1 unspecified atom stereocenters. The van der Waals surface area contributed by atoms with Crippen molar-refractivity contribution in [1.29, 1.82) is 0 Å². The molecule has 4 heteroatoms. The monoisotopic (exact) mass is 253 g/mol. The quantitative estimate of drug-likeness (QED) is 0.647. The van der Waals surface area contributed by atoms with E-state index in [1.807, 2.05) is 6.92 Å². The number of hydrogen-bond acceptors (Lipinski definition) is 3. The summed E-state index contributed by atoms with van der Waals surface area (Å²) in [6.07, 6.45) is 5.94. The molecule has 0 spiro atoms. The summed E-state index contributed by atoms with van der Waals surface area (Å²) in [6.45, 7) is 7.37. The molecule has 0 heterocycles. The van der Waals surface area contributed by atoms with Gasteiger partial charge >= 0.3 is 0 Å². The van der Waals surface area contributed by atoms with Gasteiger partial charge in [0.1, 0.15) is 0 Å². The molecule has 0 saturated heterocycles. The fraction of sp³-hybridized carbons (Fsp3) is 0.929. The van der Waals surface area contributed by atoms with Crippen LogP contribution < -0.4 is 11.1 Å². The van der Waals surface area contributed by atoms with Crippen molar-refractivity contribution in [2.24, 2.45) is 11.7 Å². The average Bonchev–Trinajstić information content (AvgIpc) is 3.19. The number of carbonyl (C=O) groups excluding carboxylic acids is 1. The smallest absolute Gasteiger partial charge is 0.237 e. The molecule has 1 atom stereocenters. The van der Waals surface area contributed by atoms with Crippen LogP contribution in [0.3, 0.4) is 0 Å². The number of nitrogens with two attached hydrogens (primary N) is 1. The van der Waals surface area contributed by atoms with Crippen LogP contribution in [-0.4, -0.2) is 42.0 Å². The molecule has 2 saturated carbocycles. The van der Waals surface area contributed by atoms with Gasteiger partial charge in [-0.1, -0.05) is 6.92 Å². The van der Waals surface area contributed by atoms with Gasteiger partial charge in [0.2, 0.25) is 5.91 Å². The minimum Gasteiger partial charge on any atom is -0.368 e. The van der Waals surface area contributed by atoms with Crippen LogP contribution in [0.25, 0.3) is 0 Å². The molecule has 0 aromatic heterocycles. The van der Waals surface area contributed by atoms with Gasteiger partial charge in [-0.3, -0.25) is 4.79 Å². The molecule has 2 fully saturated rings. The van der Waals surface area contributed by atoms with Crippen LogP contribution in [0.2, 0.25) is 0 Å². The predicted molar refractivity (Wildman–Crippen MR) is 73.2 cm³/mol. The van der Waals surface area contributed by atoms with E-state index < -0.39 is 5.54 Å². The molecule has 3 N–H and O–H groups in total. The fourth-order valence-electron chi connectivity index (χ4n) is 2.37. The van der Waals surface area contributed by atoms with Crippen molar-refractivity contribution in [3.63, 3.8) is 0 Å². The number of carbonyl (C=O) groups is 1. The zero-order chi connectivity index (χ0) is 13.2. The van der Waals surface area contributed by atoms with Crippen molar-refractivity contribution in [2.45, 2.75) is 57.5 Å². The van der Waals surface area contributed by atoms with E-state index in [9.17, 15) is 4.79 Å². The van der Waals surface area contributed by atoms with Crippen LogP contribution >= 0.6 is 0 Å². The minimum absolute atomic E-state index is 0.211. The third-order valence-corrected chi connectivity index (χ3v) is 4.23. The summed E-state index contributed by atoms with van der Waals surface area (Å²) in [6, 6.07) is 0.515. The van der Waals surface area contributed by atoms with Gasteiger partial charge in [0, 0.05) is 19.1 Å². The Morgan fingerprint density at radius 3 is 2.50 bits per heavy atom. The molecular formula is C14H27N3O. The lowest BCUT2D eigenvalue weighted by Gasteiger charge is -2.31. The lowest BCUT2D eigenvalue weighted by atomic mass is 9.96. The highest BCUT2D eigenvalue weighted by Crippen LogP contribution is 2.30. The molecule has 4 nitrogen and oxygen atoms in total. The average molecular weight is 253 g/mol. The summed E-state index contributed by atoms with van der Waals surface area (Å²) in [5.41, 5.74) is 5.04. The van der Waals surface area contributed by atoms with E-state index in [-0.39, 0.29) is 5.91 Å². The number of amides is 1. The highest BCUT2D eigenvalue weighted by molar-refractivity contribution is 5.84. The van der Waals surface area contributed by atoms with E-state index in [0.29, 0.717) is 6.04 Å². The SMILES string of the molecule is CCN(CCC(C)(NC1CC1)C(N)=O)CC1CC1. The second-order valence-corrected chi connectivity index (χ2v) is 6.20. The van der Waals surface area contributed by atoms with Crippen LogP contribution in [0, 0.1) is 5.92 Å². The number of primary amides is 1. The zero-order valence-corrected chi connectivity index (χ0v) is 11.7. The van der Waals surface area contributed by atoms with Crippen LogP contribution in [0.15, 0.2) is 0 Å². The molecule has 0 aromatic rings. The maximum Gasteiger partial charge on any atom is 0.237 e. The molecule has 1 amide bonds. The second kappa shape index (κ2) is 5.57. The normalized spacial score (nSPS) is 23.1. The molecule has 2 aliphatic carbocycles. The van der Waals surface area contributed by atoms with E-state index in [1.165, 1.54) is 32.2 Å². The molecule has 2 aliphatic rings. The molecule has 0 aromatic carbocycles. The number of rotatable bonds is 9. The first-order chi connectivity index (χ1) is 8.53. The molecule has 0 radical (unpaired) electrons. The fourth-order valence-corrected chi connectivity index (χ4v) is 2.37. The number of hydrogen-bond donors (Lipinski definition) is 2. The highest BCUT2D eigenvalue weighted by Gasteiger charge is 2.37. The van der Waals surface area contributed by atoms with E-state index in [1.54, 1.807) is 0 Å². The maximum atomic E-state index is 11.7. The van der Waals surface area contributed by atoms with E-state index >= 15 is 0 Å². The van der Waals surface area contributed by atoms with Crippen LogP contribution in [0.4, 0.5) is 0 Å². The van der Waals surface area contributed by atoms with E-state index in [2.05, 4.69) is 17.1 Å². The Hall–Kier alpha value is -0.610. The van der Waals surface area contributed by atoms with Crippen LogP contribution in [0.5, 0.6) is 0 Å². The molecule has 18 heavy (non-hydrogen) atoms. The second-order valence-electron chi connectivity index (χ2n) is 6.20. The zero-order valence-electron chi connectivity index (χ0n) is 11.7. The van der Waals surface area contributed by atoms with Gasteiger partial charge in [0.25, 0.3) is 0 Å². The third kappa shape index (κ3) is 3.95. The molecule has 2 rings (SSSR count). The maximum absolute atomic E-state index is 11.7. The first kappa shape index (κ1) is 13.8. The Bertz CT molecular complexity index is 299. The largest absolute Gasteiger partial charge is 0.368 e.